The highest BCUT2D eigenvalue weighted by Crippen LogP contribution is 2.17. The fourth-order valence-corrected chi connectivity index (χ4v) is 2.57. The Balaban J connectivity index is 3.11. The van der Waals surface area contributed by atoms with Crippen molar-refractivity contribution in [3.63, 3.8) is 0 Å². The van der Waals surface area contributed by atoms with E-state index in [2.05, 4.69) is 20.8 Å². The molecule has 0 aliphatic heterocycles. The third-order valence-electron chi connectivity index (χ3n) is 1.92. The van der Waals surface area contributed by atoms with Crippen molar-refractivity contribution >= 4 is 16.0 Å². The van der Waals surface area contributed by atoms with Crippen LogP contribution >= 0.6 is 0 Å². The van der Waals surface area contributed by atoms with Crippen LogP contribution in [-0.4, -0.2) is 36.2 Å². The minimum atomic E-state index is -3.92. The van der Waals surface area contributed by atoms with Crippen LogP contribution < -0.4 is 4.72 Å². The third-order valence-corrected chi connectivity index (χ3v) is 3.54. The van der Waals surface area contributed by atoms with Gasteiger partial charge in [0.1, 0.15) is 4.90 Å². The Hall–Kier alpha value is -1.85. The molecule has 0 saturated carbocycles. The Labute approximate surface area is 98.3 Å². The molecule has 0 aromatic carbocycles. The van der Waals surface area contributed by atoms with E-state index in [1.165, 1.54) is 6.92 Å². The minimum absolute atomic E-state index is 0.0442. The van der Waals surface area contributed by atoms with Gasteiger partial charge in [0.2, 0.25) is 10.0 Å². The highest BCUT2D eigenvalue weighted by molar-refractivity contribution is 7.89. The molecule has 0 spiro atoms. The summed E-state index contributed by atoms with van der Waals surface area (Å²) in [5.74, 6) is 0.860. The number of carbonyl (C=O) groups is 1. The largest absolute Gasteiger partial charge is 0.476 e. The Bertz CT molecular complexity index is 568. The Morgan fingerprint density at radius 3 is 2.82 bits per heavy atom. The summed E-state index contributed by atoms with van der Waals surface area (Å²) in [6.07, 6.45) is 5.21. The number of nitrogens with one attached hydrogen (secondary N) is 2. The number of nitrogens with zero attached hydrogens (tertiary/aromatic N) is 1. The number of terminal acetylenes is 1. The topological polar surface area (TPSA) is 112 Å². The molecule has 1 aromatic heterocycles. The van der Waals surface area contributed by atoms with E-state index < -0.39 is 21.7 Å². The first kappa shape index (κ1) is 13.2. The molecule has 0 radical (unpaired) electrons. The van der Waals surface area contributed by atoms with Crippen LogP contribution in [0.3, 0.4) is 0 Å². The lowest BCUT2D eigenvalue weighted by molar-refractivity contribution is 0.0686. The van der Waals surface area contributed by atoms with E-state index >= 15 is 0 Å². The second kappa shape index (κ2) is 4.99. The number of H-pyrrole nitrogens is 1. The first-order chi connectivity index (χ1) is 7.90. The molecule has 1 aromatic rings. The normalized spacial score (nSPS) is 11.1. The summed E-state index contributed by atoms with van der Waals surface area (Å²) in [6, 6.07) is 0. The number of aryl methyl sites for hydroxylation is 1. The molecule has 0 bridgehead atoms. The molecule has 0 atom stereocenters. The van der Waals surface area contributed by atoms with Crippen LogP contribution in [0.15, 0.2) is 4.90 Å². The van der Waals surface area contributed by atoms with Crippen LogP contribution in [-0.2, 0) is 10.0 Å². The maximum atomic E-state index is 11.8. The zero-order valence-electron chi connectivity index (χ0n) is 9.02. The summed E-state index contributed by atoms with van der Waals surface area (Å²) < 4.78 is 25.8. The summed E-state index contributed by atoms with van der Waals surface area (Å²) in [5.41, 5.74) is -0.369. The number of hydrogen-bond donors (Lipinski definition) is 3. The van der Waals surface area contributed by atoms with Gasteiger partial charge in [-0.15, -0.1) is 12.3 Å². The molecule has 1 heterocycles. The molecule has 1 rings (SSSR count). The minimum Gasteiger partial charge on any atom is -0.476 e. The quantitative estimate of drug-likeness (QED) is 0.496. The van der Waals surface area contributed by atoms with Crippen LogP contribution in [0.5, 0.6) is 0 Å². The predicted molar refractivity (Wildman–Crippen MR) is 58.9 cm³/mol. The number of aromatic amines is 1. The lowest BCUT2D eigenvalue weighted by Gasteiger charge is -2.04. The average molecular weight is 257 g/mol. The zero-order chi connectivity index (χ0) is 13.1. The van der Waals surface area contributed by atoms with E-state index in [0.717, 1.165) is 0 Å². The van der Waals surface area contributed by atoms with E-state index in [9.17, 15) is 13.2 Å². The molecule has 3 N–H and O–H groups in total. The molecule has 0 saturated heterocycles. The van der Waals surface area contributed by atoms with Gasteiger partial charge in [0.15, 0.2) is 5.69 Å². The maximum Gasteiger partial charge on any atom is 0.357 e. The van der Waals surface area contributed by atoms with Crippen molar-refractivity contribution in [2.45, 2.75) is 18.2 Å². The average Bonchev–Trinajstić information content (AvgIpc) is 2.61. The highest BCUT2D eigenvalue weighted by Gasteiger charge is 2.27. The molecule has 17 heavy (non-hydrogen) atoms. The van der Waals surface area contributed by atoms with Crippen molar-refractivity contribution in [1.82, 2.24) is 14.9 Å². The molecule has 8 heteroatoms. The van der Waals surface area contributed by atoms with Gasteiger partial charge in [0, 0.05) is 13.0 Å². The van der Waals surface area contributed by atoms with E-state index in [1.807, 2.05) is 0 Å². The molecule has 0 aliphatic rings. The van der Waals surface area contributed by atoms with Crippen LogP contribution in [0.1, 0.15) is 22.6 Å². The smallest absolute Gasteiger partial charge is 0.357 e. The predicted octanol–water partition coefficient (Wildman–Crippen LogP) is -0.282. The number of hydrogen-bond acceptors (Lipinski definition) is 4. The van der Waals surface area contributed by atoms with Crippen LogP contribution in [0.2, 0.25) is 0 Å². The van der Waals surface area contributed by atoms with Gasteiger partial charge in [-0.05, 0) is 6.92 Å². The summed E-state index contributed by atoms with van der Waals surface area (Å²) in [4.78, 5) is 10.4. The monoisotopic (exact) mass is 257 g/mol. The Morgan fingerprint density at radius 1 is 1.65 bits per heavy atom. The van der Waals surface area contributed by atoms with Gasteiger partial charge in [-0.2, -0.15) is 5.10 Å². The van der Waals surface area contributed by atoms with Gasteiger partial charge in [-0.25, -0.2) is 17.9 Å². The number of aromatic nitrogens is 2. The standard InChI is InChI=1S/C9H11N3O4S/c1-3-4-5-10-17(15,16)8-6(2)11-12-7(8)9(13)14/h1,10H,4-5H2,2H3,(H,11,12)(H,13,14). The lowest BCUT2D eigenvalue weighted by atomic mass is 10.4. The first-order valence-corrected chi connectivity index (χ1v) is 6.10. The molecule has 0 aliphatic carbocycles. The van der Waals surface area contributed by atoms with Gasteiger partial charge in [-0.1, -0.05) is 0 Å². The molecule has 0 fully saturated rings. The van der Waals surface area contributed by atoms with Crippen molar-refractivity contribution in [2.24, 2.45) is 0 Å². The Morgan fingerprint density at radius 2 is 2.29 bits per heavy atom. The van der Waals surface area contributed by atoms with Crippen LogP contribution in [0, 0.1) is 19.3 Å². The Kier molecular flexibility index (Phi) is 3.88. The number of carboxylic acid groups (broad SMARTS) is 1. The van der Waals surface area contributed by atoms with E-state index in [4.69, 9.17) is 11.5 Å². The van der Waals surface area contributed by atoms with Gasteiger partial charge in [0.05, 0.1) is 5.69 Å². The van der Waals surface area contributed by atoms with Crippen LogP contribution in [0.4, 0.5) is 0 Å². The number of sulfonamides is 1. The first-order valence-electron chi connectivity index (χ1n) is 4.61. The van der Waals surface area contributed by atoms with Gasteiger partial charge in [0.25, 0.3) is 0 Å². The molecule has 7 nitrogen and oxygen atoms in total. The molecule has 92 valence electrons. The van der Waals surface area contributed by atoms with E-state index in [1.54, 1.807) is 0 Å². The molecular weight excluding hydrogens is 246 g/mol. The number of aromatic carboxylic acids is 1. The fraction of sp³-hybridized carbons (Fsp3) is 0.333. The van der Waals surface area contributed by atoms with Gasteiger partial charge in [-0.3, -0.25) is 5.10 Å². The third kappa shape index (κ3) is 2.83. The summed E-state index contributed by atoms with van der Waals surface area (Å²) in [6.45, 7) is 1.47. The van der Waals surface area contributed by atoms with Crippen molar-refractivity contribution in [3.8, 4) is 12.3 Å². The lowest BCUT2D eigenvalue weighted by Crippen LogP contribution is -2.26. The van der Waals surface area contributed by atoms with Crippen molar-refractivity contribution in [1.29, 1.82) is 0 Å². The van der Waals surface area contributed by atoms with Crippen molar-refractivity contribution in [2.75, 3.05) is 6.54 Å². The van der Waals surface area contributed by atoms with Crippen molar-refractivity contribution in [3.05, 3.63) is 11.4 Å². The summed E-state index contributed by atoms with van der Waals surface area (Å²) in [7, 11) is -3.92. The van der Waals surface area contributed by atoms with Gasteiger partial charge >= 0.3 is 5.97 Å². The number of carboxylic acids is 1. The van der Waals surface area contributed by atoms with E-state index in [0.29, 0.717) is 0 Å². The number of rotatable bonds is 5. The van der Waals surface area contributed by atoms with Gasteiger partial charge < -0.3 is 5.11 Å². The fourth-order valence-electron chi connectivity index (χ4n) is 1.22. The van der Waals surface area contributed by atoms with Crippen molar-refractivity contribution < 1.29 is 18.3 Å². The molecule has 0 unspecified atom stereocenters. The SMILES string of the molecule is C#CCCNS(=O)(=O)c1c(C(=O)O)n[nH]c1C. The summed E-state index contributed by atoms with van der Waals surface area (Å²) >= 11 is 0. The maximum absolute atomic E-state index is 11.8. The molecular formula is C9H11N3O4S. The second-order valence-corrected chi connectivity index (χ2v) is 4.89. The zero-order valence-corrected chi connectivity index (χ0v) is 9.84. The van der Waals surface area contributed by atoms with E-state index in [-0.39, 0.29) is 23.6 Å². The highest BCUT2D eigenvalue weighted by atomic mass is 32.2. The molecule has 0 amide bonds. The summed E-state index contributed by atoms with van der Waals surface area (Å²) in [5, 5.41) is 14.6. The van der Waals surface area contributed by atoms with Crippen LogP contribution in [0.25, 0.3) is 0 Å². The second-order valence-electron chi connectivity index (χ2n) is 3.18.